The summed E-state index contributed by atoms with van der Waals surface area (Å²) in [7, 11) is 0. The number of aromatic nitrogens is 2. The van der Waals surface area contributed by atoms with E-state index in [1.54, 1.807) is 23.3 Å². The summed E-state index contributed by atoms with van der Waals surface area (Å²) in [5, 5.41) is 13.3. The first kappa shape index (κ1) is 19.5. The topological polar surface area (TPSA) is 50.5 Å². The minimum atomic E-state index is -0.191. The van der Waals surface area contributed by atoms with Crippen molar-refractivity contribution in [2.75, 3.05) is 0 Å². The van der Waals surface area contributed by atoms with Crippen molar-refractivity contribution in [2.45, 2.75) is 26.3 Å². The second-order valence-corrected chi connectivity index (χ2v) is 8.63. The van der Waals surface area contributed by atoms with E-state index >= 15 is 0 Å². The van der Waals surface area contributed by atoms with Crippen molar-refractivity contribution in [1.82, 2.24) is 14.8 Å². The van der Waals surface area contributed by atoms with E-state index in [1.165, 1.54) is 5.56 Å². The van der Waals surface area contributed by atoms with Crippen molar-refractivity contribution >= 4 is 23.0 Å². The number of carbonyl (C=O) groups excluding carboxylic acids is 1. The molecule has 31 heavy (non-hydrogen) atoms. The Hall–Kier alpha value is -3.51. The van der Waals surface area contributed by atoms with Crippen LogP contribution in [0.3, 0.4) is 0 Å². The molecule has 0 spiro atoms. The van der Waals surface area contributed by atoms with Crippen LogP contribution < -0.4 is 0 Å². The molecule has 5 nitrogen and oxygen atoms in total. The number of para-hydroxylation sites is 1. The molecule has 0 fully saturated rings. The zero-order valence-corrected chi connectivity index (χ0v) is 18.2. The molecule has 3 heterocycles. The van der Waals surface area contributed by atoms with Gasteiger partial charge in [-0.15, -0.1) is 11.3 Å². The van der Waals surface area contributed by atoms with Crippen molar-refractivity contribution in [2.24, 2.45) is 5.10 Å². The van der Waals surface area contributed by atoms with Crippen LogP contribution in [0.1, 0.15) is 36.1 Å². The van der Waals surface area contributed by atoms with Gasteiger partial charge in [-0.1, -0.05) is 54.1 Å². The summed E-state index contributed by atoms with van der Waals surface area (Å²) >= 11 is 1.65. The summed E-state index contributed by atoms with van der Waals surface area (Å²) in [5.74, 6) is -0.0725. The Balaban J connectivity index is 1.59. The van der Waals surface area contributed by atoms with Gasteiger partial charge < -0.3 is 0 Å². The number of hydrazone groups is 1. The van der Waals surface area contributed by atoms with Crippen LogP contribution in [-0.2, 0) is 4.79 Å². The van der Waals surface area contributed by atoms with Gasteiger partial charge in [0.25, 0.3) is 0 Å². The number of nitrogens with zero attached hydrogens (tertiary/aromatic N) is 4. The fourth-order valence-electron chi connectivity index (χ4n) is 3.91. The molecule has 2 aromatic carbocycles. The second-order valence-electron chi connectivity index (χ2n) is 7.69. The Morgan fingerprint density at radius 3 is 2.48 bits per heavy atom. The Morgan fingerprint density at radius 2 is 1.81 bits per heavy atom. The van der Waals surface area contributed by atoms with Crippen LogP contribution in [0.4, 0.5) is 0 Å². The highest BCUT2D eigenvalue weighted by Crippen LogP contribution is 2.39. The zero-order chi connectivity index (χ0) is 21.4. The molecule has 0 aliphatic carbocycles. The number of amides is 1. The predicted octanol–water partition coefficient (Wildman–Crippen LogP) is 5.61. The Kier molecular flexibility index (Phi) is 5.00. The summed E-state index contributed by atoms with van der Waals surface area (Å²) in [6, 6.07) is 22.2. The molecule has 5 rings (SSSR count). The van der Waals surface area contributed by atoms with Crippen molar-refractivity contribution in [1.29, 1.82) is 0 Å². The number of hydrogen-bond acceptors (Lipinski definition) is 4. The number of aryl methyl sites for hydroxylation is 1. The van der Waals surface area contributed by atoms with Gasteiger partial charge in [-0.25, -0.2) is 9.69 Å². The zero-order valence-electron chi connectivity index (χ0n) is 17.4. The number of carbonyl (C=O) groups is 1. The summed E-state index contributed by atoms with van der Waals surface area (Å²) < 4.78 is 1.90. The summed E-state index contributed by atoms with van der Waals surface area (Å²) in [6.07, 6.45) is 2.69. The molecule has 0 bridgehead atoms. The quantitative estimate of drug-likeness (QED) is 0.426. The second kappa shape index (κ2) is 7.96. The standard InChI is InChI=1S/C25H22N4OS/c1-17-10-12-19(13-11-17)22-15-23(29(26-22)18(2)30)21-16-28(20-7-4-3-5-8-20)27-25(21)24-9-6-14-31-24/h3-14,16,23H,15H2,1-2H3/t23-/m0/s1. The van der Waals surface area contributed by atoms with E-state index in [2.05, 4.69) is 37.3 Å². The summed E-state index contributed by atoms with van der Waals surface area (Å²) in [6.45, 7) is 3.64. The van der Waals surface area contributed by atoms with E-state index in [0.717, 1.165) is 33.1 Å². The highest BCUT2D eigenvalue weighted by molar-refractivity contribution is 7.13. The lowest BCUT2D eigenvalue weighted by Gasteiger charge is -2.19. The number of hydrogen-bond donors (Lipinski definition) is 0. The first-order chi connectivity index (χ1) is 15.1. The average Bonchev–Trinajstić information content (AvgIpc) is 3.53. The highest BCUT2D eigenvalue weighted by Gasteiger charge is 2.34. The molecule has 2 aromatic heterocycles. The van der Waals surface area contributed by atoms with Gasteiger partial charge in [0, 0.05) is 25.1 Å². The fraction of sp³-hybridized carbons (Fsp3) is 0.160. The van der Waals surface area contributed by atoms with Gasteiger partial charge in [0.05, 0.1) is 22.3 Å². The monoisotopic (exact) mass is 426 g/mol. The first-order valence-electron chi connectivity index (χ1n) is 10.2. The molecule has 4 aromatic rings. The third-order valence-electron chi connectivity index (χ3n) is 5.49. The fourth-order valence-corrected chi connectivity index (χ4v) is 4.64. The van der Waals surface area contributed by atoms with Crippen LogP contribution in [-0.4, -0.2) is 26.4 Å². The number of benzene rings is 2. The van der Waals surface area contributed by atoms with E-state index in [4.69, 9.17) is 10.2 Å². The smallest absolute Gasteiger partial charge is 0.240 e. The maximum atomic E-state index is 12.5. The van der Waals surface area contributed by atoms with Crippen LogP contribution in [0, 0.1) is 6.92 Å². The van der Waals surface area contributed by atoms with Gasteiger partial charge in [-0.2, -0.15) is 10.2 Å². The molecular formula is C25H22N4OS. The van der Waals surface area contributed by atoms with Crippen molar-refractivity contribution < 1.29 is 4.79 Å². The summed E-state index contributed by atoms with van der Waals surface area (Å²) in [5.41, 5.74) is 6.06. The average molecular weight is 427 g/mol. The van der Waals surface area contributed by atoms with Crippen molar-refractivity contribution in [3.05, 3.63) is 95.0 Å². The van der Waals surface area contributed by atoms with E-state index in [0.29, 0.717) is 6.42 Å². The van der Waals surface area contributed by atoms with Crippen LogP contribution in [0.5, 0.6) is 0 Å². The van der Waals surface area contributed by atoms with E-state index in [1.807, 2.05) is 52.7 Å². The molecule has 1 amide bonds. The molecule has 154 valence electrons. The maximum Gasteiger partial charge on any atom is 0.240 e. The molecule has 1 atom stereocenters. The first-order valence-corrected chi connectivity index (χ1v) is 11.1. The normalized spacial score (nSPS) is 15.9. The Morgan fingerprint density at radius 1 is 1.03 bits per heavy atom. The lowest BCUT2D eigenvalue weighted by molar-refractivity contribution is -0.130. The third-order valence-corrected chi connectivity index (χ3v) is 6.37. The molecule has 6 heteroatoms. The largest absolute Gasteiger partial charge is 0.273 e. The number of rotatable bonds is 4. The summed E-state index contributed by atoms with van der Waals surface area (Å²) in [4.78, 5) is 13.6. The molecule has 0 unspecified atom stereocenters. The lowest BCUT2D eigenvalue weighted by atomic mass is 9.98. The van der Waals surface area contributed by atoms with Crippen LogP contribution in [0.15, 0.2) is 83.4 Å². The van der Waals surface area contributed by atoms with Crippen LogP contribution in [0.25, 0.3) is 16.3 Å². The third kappa shape index (κ3) is 3.70. The minimum Gasteiger partial charge on any atom is -0.273 e. The Labute approximate surface area is 185 Å². The van der Waals surface area contributed by atoms with Gasteiger partial charge in [0.2, 0.25) is 5.91 Å². The van der Waals surface area contributed by atoms with Gasteiger partial charge in [0.15, 0.2) is 0 Å². The molecular weight excluding hydrogens is 404 g/mol. The predicted molar refractivity (Wildman–Crippen MR) is 124 cm³/mol. The van der Waals surface area contributed by atoms with E-state index < -0.39 is 0 Å². The van der Waals surface area contributed by atoms with Crippen LogP contribution in [0.2, 0.25) is 0 Å². The van der Waals surface area contributed by atoms with Crippen molar-refractivity contribution in [3.63, 3.8) is 0 Å². The van der Waals surface area contributed by atoms with Crippen LogP contribution >= 0.6 is 11.3 Å². The van der Waals surface area contributed by atoms with E-state index in [-0.39, 0.29) is 11.9 Å². The molecule has 1 aliphatic rings. The van der Waals surface area contributed by atoms with Gasteiger partial charge in [0.1, 0.15) is 5.69 Å². The van der Waals surface area contributed by atoms with Crippen molar-refractivity contribution in [3.8, 4) is 16.3 Å². The number of thiophene rings is 1. The SMILES string of the molecule is CC(=O)N1N=C(c2ccc(C)cc2)C[C@H]1c1cn(-c2ccccc2)nc1-c1cccs1. The maximum absolute atomic E-state index is 12.5. The molecule has 0 saturated heterocycles. The van der Waals surface area contributed by atoms with Gasteiger partial charge in [-0.3, -0.25) is 4.79 Å². The van der Waals surface area contributed by atoms with Gasteiger partial charge in [-0.05, 0) is 36.1 Å². The molecule has 1 aliphatic heterocycles. The minimum absolute atomic E-state index is 0.0725. The molecule has 0 radical (unpaired) electrons. The van der Waals surface area contributed by atoms with E-state index in [9.17, 15) is 4.79 Å². The lowest BCUT2D eigenvalue weighted by Crippen LogP contribution is -2.24. The Bertz CT molecular complexity index is 1240. The molecule has 0 N–H and O–H groups in total. The highest BCUT2D eigenvalue weighted by atomic mass is 32.1. The van der Waals surface area contributed by atoms with Gasteiger partial charge >= 0.3 is 0 Å². The molecule has 0 saturated carbocycles.